The van der Waals surface area contributed by atoms with Gasteiger partial charge >= 0.3 is 0 Å². The molecular formula is C24H33N3O. The van der Waals surface area contributed by atoms with E-state index in [0.717, 1.165) is 58.5 Å². The van der Waals surface area contributed by atoms with Crippen LogP contribution in [-0.4, -0.2) is 53.2 Å². The Morgan fingerprint density at radius 2 is 1.86 bits per heavy atom. The molecule has 150 valence electrons. The maximum absolute atomic E-state index is 6.40. The maximum Gasteiger partial charge on any atom is 0.0723 e. The molecule has 4 nitrogen and oxygen atoms in total. The van der Waals surface area contributed by atoms with Crippen LogP contribution < -0.4 is 0 Å². The molecule has 2 aromatic rings. The molecule has 3 heterocycles. The van der Waals surface area contributed by atoms with E-state index in [2.05, 4.69) is 59.1 Å². The van der Waals surface area contributed by atoms with Gasteiger partial charge in [0.25, 0.3) is 0 Å². The molecule has 1 aromatic carbocycles. The number of benzene rings is 1. The van der Waals surface area contributed by atoms with E-state index in [1.165, 1.54) is 16.7 Å². The van der Waals surface area contributed by atoms with E-state index in [9.17, 15) is 0 Å². The van der Waals surface area contributed by atoms with Gasteiger partial charge in [-0.15, -0.1) is 0 Å². The summed E-state index contributed by atoms with van der Waals surface area (Å²) in [5, 5.41) is 0. The topological polar surface area (TPSA) is 28.6 Å². The first-order chi connectivity index (χ1) is 13.7. The molecule has 4 rings (SSSR count). The van der Waals surface area contributed by atoms with Crippen molar-refractivity contribution in [2.75, 3.05) is 26.7 Å². The number of rotatable bonds is 6. The average Bonchev–Trinajstić information content (AvgIpc) is 3.15. The smallest absolute Gasteiger partial charge is 0.0723 e. The third-order valence-corrected chi connectivity index (χ3v) is 6.57. The van der Waals surface area contributed by atoms with E-state index in [1.54, 1.807) is 0 Å². The highest BCUT2D eigenvalue weighted by Gasteiger charge is 2.43. The Bertz CT molecular complexity index is 738. The van der Waals surface area contributed by atoms with Crippen LogP contribution in [0.4, 0.5) is 0 Å². The molecule has 0 radical (unpaired) electrons. The lowest BCUT2D eigenvalue weighted by molar-refractivity contribution is -0.0452. The van der Waals surface area contributed by atoms with Crippen LogP contribution >= 0.6 is 0 Å². The zero-order valence-electron chi connectivity index (χ0n) is 17.3. The van der Waals surface area contributed by atoms with Crippen LogP contribution in [-0.2, 0) is 24.2 Å². The largest absolute Gasteiger partial charge is 0.373 e. The molecule has 4 heteroatoms. The minimum atomic E-state index is 0.0937. The minimum absolute atomic E-state index is 0.0937. The first kappa shape index (κ1) is 19.6. The molecular weight excluding hydrogens is 346 g/mol. The van der Waals surface area contributed by atoms with E-state index in [4.69, 9.17) is 4.74 Å². The summed E-state index contributed by atoms with van der Waals surface area (Å²) in [6.07, 6.45) is 8.37. The van der Waals surface area contributed by atoms with Crippen molar-refractivity contribution in [3.63, 3.8) is 0 Å². The molecule has 1 aromatic heterocycles. The van der Waals surface area contributed by atoms with Gasteiger partial charge < -0.3 is 4.74 Å². The Balaban J connectivity index is 1.27. The van der Waals surface area contributed by atoms with Crippen molar-refractivity contribution in [1.29, 1.82) is 0 Å². The van der Waals surface area contributed by atoms with E-state index in [-0.39, 0.29) is 5.60 Å². The van der Waals surface area contributed by atoms with Gasteiger partial charge in [0.15, 0.2) is 0 Å². The van der Waals surface area contributed by atoms with E-state index < -0.39 is 0 Å². The summed E-state index contributed by atoms with van der Waals surface area (Å²) >= 11 is 0. The maximum atomic E-state index is 6.40. The summed E-state index contributed by atoms with van der Waals surface area (Å²) in [5.41, 5.74) is 4.21. The fourth-order valence-corrected chi connectivity index (χ4v) is 4.62. The first-order valence-electron chi connectivity index (χ1n) is 10.7. The van der Waals surface area contributed by atoms with E-state index in [1.807, 2.05) is 18.5 Å². The van der Waals surface area contributed by atoms with Gasteiger partial charge in [-0.1, -0.05) is 37.3 Å². The van der Waals surface area contributed by atoms with Crippen LogP contribution in [0, 0.1) is 0 Å². The fourth-order valence-electron chi connectivity index (χ4n) is 4.62. The summed E-state index contributed by atoms with van der Waals surface area (Å²) in [5.74, 6) is 0. The second-order valence-electron chi connectivity index (χ2n) is 8.57. The zero-order chi connectivity index (χ0) is 19.4. The molecule has 0 saturated carbocycles. The van der Waals surface area contributed by atoms with Gasteiger partial charge in [0.2, 0.25) is 0 Å². The Morgan fingerprint density at radius 3 is 2.54 bits per heavy atom. The van der Waals surface area contributed by atoms with Crippen molar-refractivity contribution in [3.8, 4) is 0 Å². The highest BCUT2D eigenvalue weighted by molar-refractivity contribution is 5.22. The van der Waals surface area contributed by atoms with Gasteiger partial charge in [-0.3, -0.25) is 14.8 Å². The lowest BCUT2D eigenvalue weighted by Gasteiger charge is -2.39. The summed E-state index contributed by atoms with van der Waals surface area (Å²) in [4.78, 5) is 9.26. The second kappa shape index (κ2) is 8.73. The van der Waals surface area contributed by atoms with Crippen molar-refractivity contribution in [2.24, 2.45) is 0 Å². The Kier molecular flexibility index (Phi) is 6.10. The van der Waals surface area contributed by atoms with Crippen molar-refractivity contribution >= 4 is 0 Å². The van der Waals surface area contributed by atoms with Crippen LogP contribution in [0.5, 0.6) is 0 Å². The molecule has 0 bridgehead atoms. The number of piperidine rings is 1. The van der Waals surface area contributed by atoms with Gasteiger partial charge in [-0.2, -0.15) is 0 Å². The fraction of sp³-hybridized carbons (Fsp3) is 0.542. The average molecular weight is 380 g/mol. The number of pyridine rings is 1. The third-order valence-electron chi connectivity index (χ3n) is 6.57. The third kappa shape index (κ3) is 4.62. The normalized spacial score (nSPS) is 22.2. The summed E-state index contributed by atoms with van der Waals surface area (Å²) in [6.45, 7) is 7.34. The highest BCUT2D eigenvalue weighted by Crippen LogP contribution is 2.38. The number of ether oxygens (including phenoxy) is 1. The molecule has 0 amide bonds. The number of likely N-dealkylation sites (tertiary alicyclic amines) is 1. The number of hydrogen-bond donors (Lipinski definition) is 0. The first-order valence-corrected chi connectivity index (χ1v) is 10.7. The SMILES string of the molecule is CCc1ccc(CN2CCC3(CC2)C[C@@H](N(C)Cc2cccnc2)CO3)cc1. The molecule has 2 aliphatic heterocycles. The van der Waals surface area contributed by atoms with Crippen LogP contribution in [0.3, 0.4) is 0 Å². The molecule has 0 unspecified atom stereocenters. The van der Waals surface area contributed by atoms with E-state index >= 15 is 0 Å². The van der Waals surface area contributed by atoms with Crippen LogP contribution in [0.1, 0.15) is 42.9 Å². The number of aromatic nitrogens is 1. The Morgan fingerprint density at radius 1 is 1.11 bits per heavy atom. The monoisotopic (exact) mass is 379 g/mol. The van der Waals surface area contributed by atoms with Gasteiger partial charge in [0.05, 0.1) is 12.2 Å². The Hall–Kier alpha value is -1.75. The standard InChI is InChI=1S/C24H33N3O/c1-3-20-6-8-21(9-7-20)18-27-13-10-24(11-14-27)15-23(19-28-24)26(2)17-22-5-4-12-25-16-22/h4-9,12,16,23H,3,10-11,13-15,17-19H2,1-2H3/t23-/m1/s1. The van der Waals surface area contributed by atoms with Gasteiger partial charge in [-0.05, 0) is 55.5 Å². The van der Waals surface area contributed by atoms with Crippen molar-refractivity contribution in [3.05, 3.63) is 65.5 Å². The molecule has 1 atom stereocenters. The van der Waals surface area contributed by atoms with Crippen molar-refractivity contribution in [2.45, 2.75) is 57.3 Å². The number of hydrogen-bond acceptors (Lipinski definition) is 4. The molecule has 1 spiro atoms. The number of likely N-dealkylation sites (N-methyl/N-ethyl adjacent to an activating group) is 1. The summed E-state index contributed by atoms with van der Waals surface area (Å²) in [7, 11) is 2.22. The molecule has 28 heavy (non-hydrogen) atoms. The van der Waals surface area contributed by atoms with Crippen LogP contribution in [0.25, 0.3) is 0 Å². The Labute approximate surface area is 169 Å². The molecule has 2 fully saturated rings. The van der Waals surface area contributed by atoms with Gasteiger partial charge in [0.1, 0.15) is 0 Å². The number of aryl methyl sites for hydroxylation is 1. The molecule has 0 N–H and O–H groups in total. The van der Waals surface area contributed by atoms with Crippen molar-refractivity contribution < 1.29 is 4.74 Å². The molecule has 2 saturated heterocycles. The van der Waals surface area contributed by atoms with Gasteiger partial charge in [-0.25, -0.2) is 0 Å². The van der Waals surface area contributed by atoms with Crippen LogP contribution in [0.15, 0.2) is 48.8 Å². The molecule has 0 aliphatic carbocycles. The van der Waals surface area contributed by atoms with Crippen molar-refractivity contribution in [1.82, 2.24) is 14.8 Å². The lowest BCUT2D eigenvalue weighted by Crippen LogP contribution is -2.44. The van der Waals surface area contributed by atoms with E-state index in [0.29, 0.717) is 6.04 Å². The quantitative estimate of drug-likeness (QED) is 0.761. The van der Waals surface area contributed by atoms with Crippen LogP contribution in [0.2, 0.25) is 0 Å². The minimum Gasteiger partial charge on any atom is -0.373 e. The molecule has 2 aliphatic rings. The summed E-state index contributed by atoms with van der Waals surface area (Å²) in [6, 6.07) is 13.8. The predicted octanol–water partition coefficient (Wildman–Crippen LogP) is 3.90. The number of nitrogens with zero attached hydrogens (tertiary/aromatic N) is 3. The van der Waals surface area contributed by atoms with Gasteiger partial charge in [0, 0.05) is 44.6 Å². The predicted molar refractivity (Wildman–Crippen MR) is 113 cm³/mol. The summed E-state index contributed by atoms with van der Waals surface area (Å²) < 4.78 is 6.40. The zero-order valence-corrected chi connectivity index (χ0v) is 17.3. The lowest BCUT2D eigenvalue weighted by atomic mass is 9.87. The highest BCUT2D eigenvalue weighted by atomic mass is 16.5. The second-order valence-corrected chi connectivity index (χ2v) is 8.57.